The summed E-state index contributed by atoms with van der Waals surface area (Å²) in [5, 5.41) is 7.05. The molecule has 0 amide bonds. The topological polar surface area (TPSA) is 16.4 Å². The lowest BCUT2D eigenvalue weighted by atomic mass is 9.87. The van der Waals surface area contributed by atoms with E-state index in [0.29, 0.717) is 0 Å². The summed E-state index contributed by atoms with van der Waals surface area (Å²) < 4.78 is 6.89. The van der Waals surface area contributed by atoms with E-state index < -0.39 is 0 Å². The van der Waals surface area contributed by atoms with Crippen molar-refractivity contribution in [3.05, 3.63) is 249 Å². The van der Waals surface area contributed by atoms with E-state index in [2.05, 4.69) is 254 Å². The lowest BCUT2D eigenvalue weighted by Crippen LogP contribution is -2.10. The molecule has 2 nitrogen and oxygen atoms in total. The molecule has 0 atom stereocenters. The molecule has 0 bridgehead atoms. The van der Waals surface area contributed by atoms with Crippen LogP contribution in [0, 0.1) is 0 Å². The number of para-hydroxylation sites is 1. The summed E-state index contributed by atoms with van der Waals surface area (Å²) >= 11 is 0. The molecule has 0 N–H and O–H groups in total. The smallest absolute Gasteiger partial charge is 0.145 e. The Morgan fingerprint density at radius 3 is 1.52 bits per heavy atom. The Balaban J connectivity index is 1.06. The molecule has 64 heavy (non-hydrogen) atoms. The molecule has 11 aromatic carbocycles. The summed E-state index contributed by atoms with van der Waals surface area (Å²) in [7, 11) is 0. The van der Waals surface area contributed by atoms with Gasteiger partial charge in [-0.25, -0.2) is 0 Å². The normalized spacial score (nSPS) is 11.4. The Kier molecular flexibility index (Phi) is 9.20. The van der Waals surface area contributed by atoms with Crippen molar-refractivity contribution >= 4 is 60.5 Å². The van der Waals surface area contributed by atoms with Crippen LogP contribution in [0.2, 0.25) is 0 Å². The maximum Gasteiger partial charge on any atom is 0.145 e. The van der Waals surface area contributed by atoms with E-state index >= 15 is 0 Å². The van der Waals surface area contributed by atoms with E-state index in [1.54, 1.807) is 0 Å². The Labute approximate surface area is 372 Å². The van der Waals surface area contributed by atoms with Gasteiger partial charge in [0, 0.05) is 22.3 Å². The van der Waals surface area contributed by atoms with Gasteiger partial charge in [0.2, 0.25) is 0 Å². The van der Waals surface area contributed by atoms with Gasteiger partial charge in [-0.1, -0.05) is 206 Å². The molecule has 0 radical (unpaired) electrons. The number of rotatable bonds is 8. The van der Waals surface area contributed by atoms with Crippen LogP contribution >= 0.6 is 0 Å². The van der Waals surface area contributed by atoms with Crippen molar-refractivity contribution in [2.45, 2.75) is 0 Å². The minimum atomic E-state index is 0.860. The SMILES string of the molecule is c1ccc(-c2ccc(-c3ccc(N(c4ccc(-c5c(-c6ccccc6)cccc5-c5ccccc5)cc4)c4ccc5c(ccc6ccccc65)c4)c4c3oc3ccccc34)cc2)cc1. The van der Waals surface area contributed by atoms with Crippen molar-refractivity contribution in [2.24, 2.45) is 0 Å². The third-order valence-electron chi connectivity index (χ3n) is 12.7. The predicted molar refractivity (Wildman–Crippen MR) is 271 cm³/mol. The standard InChI is InChI=1S/C62H41NO/c1-4-15-42(16-5-1)43-27-29-47(30-28-43)56-39-40-58(61-57-23-12-13-26-59(57)64-62(56)61)63(51-37-38-53-49(41-51)32-31-46-21-10-11-22-52(46)53)50-35-33-48(34-36-50)60-54(44-17-6-2-7-18-44)24-14-25-55(60)45-19-8-3-9-20-45/h1-41H. The van der Waals surface area contributed by atoms with E-state index in [-0.39, 0.29) is 0 Å². The highest BCUT2D eigenvalue weighted by Crippen LogP contribution is 2.48. The first kappa shape index (κ1) is 37.3. The van der Waals surface area contributed by atoms with E-state index in [4.69, 9.17) is 4.42 Å². The molecule has 2 heteroatoms. The third-order valence-corrected chi connectivity index (χ3v) is 12.7. The first-order valence-corrected chi connectivity index (χ1v) is 21.9. The third kappa shape index (κ3) is 6.52. The van der Waals surface area contributed by atoms with Crippen LogP contribution in [0.1, 0.15) is 0 Å². The van der Waals surface area contributed by atoms with Crippen LogP contribution in [0.3, 0.4) is 0 Å². The zero-order chi connectivity index (χ0) is 42.4. The number of benzene rings is 11. The van der Waals surface area contributed by atoms with Gasteiger partial charge in [-0.05, 0) is 114 Å². The molecule has 0 aliphatic rings. The highest BCUT2D eigenvalue weighted by molar-refractivity contribution is 6.17. The maximum atomic E-state index is 6.89. The summed E-state index contributed by atoms with van der Waals surface area (Å²) in [5.74, 6) is 0. The van der Waals surface area contributed by atoms with Crippen LogP contribution in [0.25, 0.3) is 99.1 Å². The van der Waals surface area contributed by atoms with Gasteiger partial charge in [-0.15, -0.1) is 0 Å². The van der Waals surface area contributed by atoms with Gasteiger partial charge < -0.3 is 9.32 Å². The molecule has 0 saturated heterocycles. The van der Waals surface area contributed by atoms with Crippen LogP contribution in [0.4, 0.5) is 17.1 Å². The van der Waals surface area contributed by atoms with Gasteiger partial charge in [0.05, 0.1) is 11.1 Å². The second-order valence-corrected chi connectivity index (χ2v) is 16.4. The number of fused-ring (bicyclic) bond motifs is 6. The summed E-state index contributed by atoms with van der Waals surface area (Å²) in [6.45, 7) is 0. The lowest BCUT2D eigenvalue weighted by molar-refractivity contribution is 0.670. The molecule has 1 aromatic heterocycles. The van der Waals surface area contributed by atoms with Gasteiger partial charge >= 0.3 is 0 Å². The number of hydrogen-bond acceptors (Lipinski definition) is 2. The van der Waals surface area contributed by atoms with Gasteiger partial charge in [0.15, 0.2) is 0 Å². The number of hydrogen-bond donors (Lipinski definition) is 0. The van der Waals surface area contributed by atoms with Gasteiger partial charge in [-0.3, -0.25) is 0 Å². The van der Waals surface area contributed by atoms with Gasteiger partial charge in [0.25, 0.3) is 0 Å². The second kappa shape index (κ2) is 15.8. The number of nitrogens with zero attached hydrogens (tertiary/aromatic N) is 1. The average molecular weight is 816 g/mol. The fourth-order valence-corrected chi connectivity index (χ4v) is 9.62. The fourth-order valence-electron chi connectivity index (χ4n) is 9.62. The van der Waals surface area contributed by atoms with Gasteiger partial charge in [0.1, 0.15) is 11.2 Å². The molecule has 12 aromatic rings. The van der Waals surface area contributed by atoms with Gasteiger partial charge in [-0.2, -0.15) is 0 Å². The molecule has 0 aliphatic heterocycles. The molecule has 0 unspecified atom stereocenters. The molecule has 0 spiro atoms. The molecule has 300 valence electrons. The first-order chi connectivity index (χ1) is 31.7. The second-order valence-electron chi connectivity index (χ2n) is 16.4. The Morgan fingerprint density at radius 1 is 0.297 bits per heavy atom. The zero-order valence-electron chi connectivity index (χ0n) is 35.0. The van der Waals surface area contributed by atoms with Crippen molar-refractivity contribution in [3.63, 3.8) is 0 Å². The van der Waals surface area contributed by atoms with Crippen LogP contribution in [-0.2, 0) is 0 Å². The monoisotopic (exact) mass is 815 g/mol. The highest BCUT2D eigenvalue weighted by Gasteiger charge is 2.23. The van der Waals surface area contributed by atoms with Crippen molar-refractivity contribution < 1.29 is 4.42 Å². The van der Waals surface area contributed by atoms with Crippen LogP contribution in [0.5, 0.6) is 0 Å². The number of anilines is 3. The molecule has 1 heterocycles. The molecule has 0 saturated carbocycles. The van der Waals surface area contributed by atoms with Crippen LogP contribution in [0.15, 0.2) is 253 Å². The molecular formula is C62H41NO. The largest absolute Gasteiger partial charge is 0.455 e. The highest BCUT2D eigenvalue weighted by atomic mass is 16.3. The van der Waals surface area contributed by atoms with Crippen LogP contribution in [-0.4, -0.2) is 0 Å². The Hall–Kier alpha value is -8.46. The first-order valence-electron chi connectivity index (χ1n) is 21.9. The average Bonchev–Trinajstić information content (AvgIpc) is 3.77. The molecule has 12 rings (SSSR count). The zero-order valence-corrected chi connectivity index (χ0v) is 35.0. The summed E-state index contributed by atoms with van der Waals surface area (Å²) in [5.41, 5.74) is 16.6. The Morgan fingerprint density at radius 2 is 0.812 bits per heavy atom. The van der Waals surface area contributed by atoms with Crippen molar-refractivity contribution in [3.8, 4) is 55.6 Å². The summed E-state index contributed by atoms with van der Waals surface area (Å²) in [4.78, 5) is 2.41. The summed E-state index contributed by atoms with van der Waals surface area (Å²) in [6, 6.07) is 89.6. The molecule has 0 fully saturated rings. The quantitative estimate of drug-likeness (QED) is 0.142. The predicted octanol–water partition coefficient (Wildman–Crippen LogP) is 17.7. The minimum absolute atomic E-state index is 0.860. The van der Waals surface area contributed by atoms with Crippen molar-refractivity contribution in [1.82, 2.24) is 0 Å². The summed E-state index contributed by atoms with van der Waals surface area (Å²) in [6.07, 6.45) is 0. The van der Waals surface area contributed by atoms with E-state index in [0.717, 1.165) is 55.7 Å². The van der Waals surface area contributed by atoms with E-state index in [1.165, 1.54) is 60.5 Å². The molecule has 0 aliphatic carbocycles. The minimum Gasteiger partial charge on any atom is -0.455 e. The van der Waals surface area contributed by atoms with E-state index in [1.807, 2.05) is 0 Å². The van der Waals surface area contributed by atoms with Crippen molar-refractivity contribution in [2.75, 3.05) is 4.90 Å². The molecular weight excluding hydrogens is 775 g/mol. The van der Waals surface area contributed by atoms with Crippen LogP contribution < -0.4 is 4.90 Å². The lowest BCUT2D eigenvalue weighted by Gasteiger charge is -2.27. The van der Waals surface area contributed by atoms with E-state index in [9.17, 15) is 0 Å². The maximum absolute atomic E-state index is 6.89. The Bertz CT molecular complexity index is 3570. The van der Waals surface area contributed by atoms with Crippen molar-refractivity contribution in [1.29, 1.82) is 0 Å². The number of furan rings is 1. The fraction of sp³-hybridized carbons (Fsp3) is 0.